The zero-order chi connectivity index (χ0) is 15.2. The van der Waals surface area contributed by atoms with Crippen LogP contribution in [0, 0.1) is 11.7 Å². The Hall–Kier alpha value is -1.46. The number of nitrogens with zero attached hydrogens (tertiary/aromatic N) is 1. The van der Waals surface area contributed by atoms with Gasteiger partial charge in [0.25, 0.3) is 0 Å². The molecule has 5 heteroatoms. The SMILES string of the molecule is CC1CCC(CN)CN1CC(=O)NCc1ccc(F)cc1. The monoisotopic (exact) mass is 293 g/mol. The van der Waals surface area contributed by atoms with E-state index >= 15 is 0 Å². The molecule has 0 radical (unpaired) electrons. The summed E-state index contributed by atoms with van der Waals surface area (Å²) in [7, 11) is 0. The summed E-state index contributed by atoms with van der Waals surface area (Å²) >= 11 is 0. The van der Waals surface area contributed by atoms with Crippen molar-refractivity contribution in [1.29, 1.82) is 0 Å². The van der Waals surface area contributed by atoms with E-state index in [-0.39, 0.29) is 11.7 Å². The van der Waals surface area contributed by atoms with Crippen LogP contribution in [0.25, 0.3) is 0 Å². The van der Waals surface area contributed by atoms with Gasteiger partial charge in [0.15, 0.2) is 0 Å². The molecule has 2 unspecified atom stereocenters. The molecule has 1 aromatic carbocycles. The molecule has 2 atom stereocenters. The first kappa shape index (κ1) is 15.9. The topological polar surface area (TPSA) is 58.4 Å². The van der Waals surface area contributed by atoms with E-state index in [0.717, 1.165) is 24.9 Å². The van der Waals surface area contributed by atoms with Crippen LogP contribution < -0.4 is 11.1 Å². The number of likely N-dealkylation sites (tertiary alicyclic amines) is 1. The molecule has 1 aliphatic heterocycles. The molecule has 1 aromatic rings. The van der Waals surface area contributed by atoms with E-state index in [4.69, 9.17) is 5.73 Å². The largest absolute Gasteiger partial charge is 0.351 e. The predicted octanol–water partition coefficient (Wildman–Crippen LogP) is 1.50. The van der Waals surface area contributed by atoms with Crippen molar-refractivity contribution >= 4 is 5.91 Å². The number of piperidine rings is 1. The minimum absolute atomic E-state index is 0.00356. The average Bonchev–Trinajstić information content (AvgIpc) is 2.49. The second kappa shape index (κ2) is 7.52. The van der Waals surface area contributed by atoms with Crippen molar-refractivity contribution in [1.82, 2.24) is 10.2 Å². The van der Waals surface area contributed by atoms with Gasteiger partial charge in [-0.3, -0.25) is 9.69 Å². The van der Waals surface area contributed by atoms with Gasteiger partial charge in [-0.1, -0.05) is 12.1 Å². The van der Waals surface area contributed by atoms with Gasteiger partial charge in [-0.15, -0.1) is 0 Å². The second-order valence-corrected chi connectivity index (χ2v) is 5.86. The Labute approximate surface area is 125 Å². The first-order valence-corrected chi connectivity index (χ1v) is 7.53. The van der Waals surface area contributed by atoms with Gasteiger partial charge >= 0.3 is 0 Å². The van der Waals surface area contributed by atoms with Gasteiger partial charge in [-0.25, -0.2) is 4.39 Å². The quantitative estimate of drug-likeness (QED) is 0.865. The van der Waals surface area contributed by atoms with Crippen molar-refractivity contribution in [2.45, 2.75) is 32.4 Å². The van der Waals surface area contributed by atoms with Crippen molar-refractivity contribution in [3.05, 3.63) is 35.6 Å². The third kappa shape index (κ3) is 4.79. The summed E-state index contributed by atoms with van der Waals surface area (Å²) in [5.41, 5.74) is 6.63. The number of hydrogen-bond donors (Lipinski definition) is 2. The molecule has 1 fully saturated rings. The number of nitrogens with one attached hydrogen (secondary N) is 1. The second-order valence-electron chi connectivity index (χ2n) is 5.86. The first-order chi connectivity index (χ1) is 10.1. The molecule has 1 heterocycles. The Morgan fingerprint density at radius 2 is 2.10 bits per heavy atom. The molecule has 2 rings (SSSR count). The molecule has 3 N–H and O–H groups in total. The van der Waals surface area contributed by atoms with E-state index < -0.39 is 0 Å². The lowest BCUT2D eigenvalue weighted by atomic mass is 9.93. The van der Waals surface area contributed by atoms with Crippen LogP contribution in [-0.4, -0.2) is 36.5 Å². The van der Waals surface area contributed by atoms with Gasteiger partial charge in [0, 0.05) is 19.1 Å². The summed E-state index contributed by atoms with van der Waals surface area (Å²) in [5, 5.41) is 2.88. The molecule has 21 heavy (non-hydrogen) atoms. The van der Waals surface area contributed by atoms with E-state index in [1.54, 1.807) is 12.1 Å². The van der Waals surface area contributed by atoms with Gasteiger partial charge in [0.1, 0.15) is 5.82 Å². The number of rotatable bonds is 5. The highest BCUT2D eigenvalue weighted by Gasteiger charge is 2.25. The standard InChI is InChI=1S/C16H24FN3O/c1-12-2-3-14(8-18)10-20(12)11-16(21)19-9-13-4-6-15(17)7-5-13/h4-7,12,14H,2-3,8-11,18H2,1H3,(H,19,21). The molecular formula is C16H24FN3O. The summed E-state index contributed by atoms with van der Waals surface area (Å²) in [6.45, 7) is 4.56. The van der Waals surface area contributed by atoms with Crippen molar-refractivity contribution < 1.29 is 9.18 Å². The number of hydrogen-bond acceptors (Lipinski definition) is 3. The van der Waals surface area contributed by atoms with E-state index in [9.17, 15) is 9.18 Å². The Bertz CT molecular complexity index is 463. The van der Waals surface area contributed by atoms with Crippen molar-refractivity contribution in [2.75, 3.05) is 19.6 Å². The maximum atomic E-state index is 12.8. The normalized spacial score (nSPS) is 23.0. The lowest BCUT2D eigenvalue weighted by molar-refractivity contribution is -0.123. The molecule has 0 bridgehead atoms. The zero-order valence-electron chi connectivity index (χ0n) is 12.5. The summed E-state index contributed by atoms with van der Waals surface area (Å²) in [4.78, 5) is 14.2. The Morgan fingerprint density at radius 1 is 1.38 bits per heavy atom. The summed E-state index contributed by atoms with van der Waals surface area (Å²) in [5.74, 6) is 0.231. The fourth-order valence-corrected chi connectivity index (χ4v) is 2.72. The minimum Gasteiger partial charge on any atom is -0.351 e. The minimum atomic E-state index is -0.264. The Morgan fingerprint density at radius 3 is 2.76 bits per heavy atom. The zero-order valence-corrected chi connectivity index (χ0v) is 12.5. The third-order valence-corrected chi connectivity index (χ3v) is 4.19. The smallest absolute Gasteiger partial charge is 0.234 e. The Balaban J connectivity index is 1.79. The number of carbonyl (C=O) groups excluding carboxylic acids is 1. The number of carbonyl (C=O) groups is 1. The van der Waals surface area contributed by atoms with E-state index in [0.29, 0.717) is 31.6 Å². The molecule has 4 nitrogen and oxygen atoms in total. The van der Waals surface area contributed by atoms with Crippen molar-refractivity contribution in [3.8, 4) is 0 Å². The third-order valence-electron chi connectivity index (χ3n) is 4.19. The van der Waals surface area contributed by atoms with Crippen LogP contribution in [0.2, 0.25) is 0 Å². The van der Waals surface area contributed by atoms with Crippen LogP contribution in [0.5, 0.6) is 0 Å². The van der Waals surface area contributed by atoms with E-state index in [2.05, 4.69) is 17.1 Å². The van der Waals surface area contributed by atoms with Crippen LogP contribution >= 0.6 is 0 Å². The highest BCUT2D eigenvalue weighted by Crippen LogP contribution is 2.20. The van der Waals surface area contributed by atoms with Gasteiger partial charge in [-0.2, -0.15) is 0 Å². The highest BCUT2D eigenvalue weighted by molar-refractivity contribution is 5.78. The predicted molar refractivity (Wildman–Crippen MR) is 81.1 cm³/mol. The number of nitrogens with two attached hydrogens (primary N) is 1. The van der Waals surface area contributed by atoms with Gasteiger partial charge in [0.2, 0.25) is 5.91 Å². The molecule has 0 spiro atoms. The fourth-order valence-electron chi connectivity index (χ4n) is 2.72. The van der Waals surface area contributed by atoms with Crippen LogP contribution in [0.3, 0.4) is 0 Å². The van der Waals surface area contributed by atoms with Gasteiger partial charge < -0.3 is 11.1 Å². The van der Waals surface area contributed by atoms with Crippen LogP contribution in [0.1, 0.15) is 25.3 Å². The van der Waals surface area contributed by atoms with Crippen LogP contribution in [0.15, 0.2) is 24.3 Å². The van der Waals surface area contributed by atoms with E-state index in [1.807, 2.05) is 0 Å². The molecule has 1 aliphatic rings. The average molecular weight is 293 g/mol. The molecule has 0 aliphatic carbocycles. The molecular weight excluding hydrogens is 269 g/mol. The van der Waals surface area contributed by atoms with Crippen LogP contribution in [0.4, 0.5) is 4.39 Å². The molecule has 116 valence electrons. The maximum Gasteiger partial charge on any atom is 0.234 e. The van der Waals surface area contributed by atoms with Crippen molar-refractivity contribution in [3.63, 3.8) is 0 Å². The number of halogens is 1. The summed E-state index contributed by atoms with van der Waals surface area (Å²) in [6, 6.07) is 6.59. The Kier molecular flexibility index (Phi) is 5.70. The fraction of sp³-hybridized carbons (Fsp3) is 0.562. The maximum absolute atomic E-state index is 12.8. The molecule has 0 aromatic heterocycles. The molecule has 1 saturated heterocycles. The lowest BCUT2D eigenvalue weighted by Gasteiger charge is -2.37. The van der Waals surface area contributed by atoms with Gasteiger partial charge in [0.05, 0.1) is 6.54 Å². The number of benzene rings is 1. The van der Waals surface area contributed by atoms with E-state index in [1.165, 1.54) is 12.1 Å². The van der Waals surface area contributed by atoms with Crippen molar-refractivity contribution in [2.24, 2.45) is 11.7 Å². The summed E-state index contributed by atoms with van der Waals surface area (Å²) in [6.07, 6.45) is 2.23. The van der Waals surface area contributed by atoms with Crippen LogP contribution in [-0.2, 0) is 11.3 Å². The first-order valence-electron chi connectivity index (χ1n) is 7.53. The molecule has 0 saturated carbocycles. The molecule has 1 amide bonds. The lowest BCUT2D eigenvalue weighted by Crippen LogP contribution is -2.48. The summed E-state index contributed by atoms with van der Waals surface area (Å²) < 4.78 is 12.8. The van der Waals surface area contributed by atoms with Gasteiger partial charge in [-0.05, 0) is 49.9 Å². The number of amides is 1. The highest BCUT2D eigenvalue weighted by atomic mass is 19.1.